The Morgan fingerprint density at radius 1 is 1.32 bits per heavy atom. The highest BCUT2D eigenvalue weighted by molar-refractivity contribution is 5.17. The minimum absolute atomic E-state index is 0.377. The summed E-state index contributed by atoms with van der Waals surface area (Å²) < 4.78 is 5.84. The van der Waals surface area contributed by atoms with E-state index < -0.39 is 0 Å². The van der Waals surface area contributed by atoms with Crippen LogP contribution in [-0.2, 0) is 4.74 Å². The smallest absolute Gasteiger partial charge is 0.0565 e. The van der Waals surface area contributed by atoms with Gasteiger partial charge < -0.3 is 10.1 Å². The van der Waals surface area contributed by atoms with Crippen molar-refractivity contribution in [3.8, 4) is 0 Å². The molecule has 1 aromatic heterocycles. The lowest BCUT2D eigenvalue weighted by Gasteiger charge is -2.34. The van der Waals surface area contributed by atoms with Crippen molar-refractivity contribution >= 4 is 0 Å². The highest BCUT2D eigenvalue weighted by Crippen LogP contribution is 2.35. The number of nitrogens with zero attached hydrogens (tertiary/aromatic N) is 2. The van der Waals surface area contributed by atoms with E-state index in [1.165, 1.54) is 18.5 Å². The number of nitrogens with one attached hydrogen (secondary N) is 1. The second kappa shape index (κ2) is 7.07. The summed E-state index contributed by atoms with van der Waals surface area (Å²) in [4.78, 5) is 6.78. The van der Waals surface area contributed by atoms with Gasteiger partial charge >= 0.3 is 0 Å². The molecule has 0 aromatic carbocycles. The second-order valence-corrected chi connectivity index (χ2v) is 7.09. The van der Waals surface area contributed by atoms with Crippen LogP contribution in [0.25, 0.3) is 0 Å². The molecule has 122 valence electrons. The van der Waals surface area contributed by atoms with Crippen LogP contribution in [0.2, 0.25) is 0 Å². The number of likely N-dealkylation sites (tertiary alicyclic amines) is 1. The highest BCUT2D eigenvalue weighted by Gasteiger charge is 2.34. The number of hydrogen-bond acceptors (Lipinski definition) is 4. The van der Waals surface area contributed by atoms with Gasteiger partial charge in [0.25, 0.3) is 0 Å². The minimum atomic E-state index is 0.377. The van der Waals surface area contributed by atoms with E-state index in [0.717, 1.165) is 19.4 Å². The zero-order valence-electron chi connectivity index (χ0n) is 14.0. The zero-order valence-corrected chi connectivity index (χ0v) is 14.0. The second-order valence-electron chi connectivity index (χ2n) is 7.09. The molecule has 0 amide bonds. The first-order valence-corrected chi connectivity index (χ1v) is 8.62. The summed E-state index contributed by atoms with van der Waals surface area (Å²) in [6, 6.07) is 5.36. The van der Waals surface area contributed by atoms with Crippen LogP contribution < -0.4 is 5.32 Å². The molecule has 0 aliphatic carbocycles. The molecule has 4 heteroatoms. The largest absolute Gasteiger partial charge is 0.375 e. The first kappa shape index (κ1) is 15.9. The van der Waals surface area contributed by atoms with Crippen LogP contribution in [-0.4, -0.2) is 48.3 Å². The van der Waals surface area contributed by atoms with Crippen molar-refractivity contribution in [3.63, 3.8) is 0 Å². The molecule has 0 bridgehead atoms. The van der Waals surface area contributed by atoms with Crippen molar-refractivity contribution in [1.82, 2.24) is 15.2 Å². The summed E-state index contributed by atoms with van der Waals surface area (Å²) in [5.74, 6) is 0.669. The van der Waals surface area contributed by atoms with Gasteiger partial charge in [0.2, 0.25) is 0 Å². The van der Waals surface area contributed by atoms with Crippen molar-refractivity contribution in [3.05, 3.63) is 30.1 Å². The van der Waals surface area contributed by atoms with E-state index in [2.05, 4.69) is 42.2 Å². The fourth-order valence-electron chi connectivity index (χ4n) is 4.21. The molecule has 0 spiro atoms. The molecule has 1 aromatic rings. The van der Waals surface area contributed by atoms with Gasteiger partial charge in [-0.25, -0.2) is 0 Å². The Bertz CT molecular complexity index is 457. The van der Waals surface area contributed by atoms with E-state index in [1.807, 2.05) is 18.5 Å². The maximum Gasteiger partial charge on any atom is 0.0565 e. The molecule has 22 heavy (non-hydrogen) atoms. The molecule has 3 heterocycles. The molecule has 4 atom stereocenters. The predicted molar refractivity (Wildman–Crippen MR) is 88.7 cm³/mol. The molecule has 3 rings (SSSR count). The van der Waals surface area contributed by atoms with Crippen molar-refractivity contribution in [2.24, 2.45) is 5.92 Å². The lowest BCUT2D eigenvalue weighted by Crippen LogP contribution is -2.43. The monoisotopic (exact) mass is 303 g/mol. The van der Waals surface area contributed by atoms with Crippen LogP contribution in [0.4, 0.5) is 0 Å². The van der Waals surface area contributed by atoms with Crippen LogP contribution in [0.3, 0.4) is 0 Å². The minimum Gasteiger partial charge on any atom is -0.375 e. The third-order valence-electron chi connectivity index (χ3n) is 5.17. The third-order valence-corrected chi connectivity index (χ3v) is 5.17. The van der Waals surface area contributed by atoms with E-state index in [-0.39, 0.29) is 0 Å². The summed E-state index contributed by atoms with van der Waals surface area (Å²) in [5, 5.41) is 3.82. The summed E-state index contributed by atoms with van der Waals surface area (Å²) in [6.07, 6.45) is 8.16. The molecule has 0 saturated carbocycles. The van der Waals surface area contributed by atoms with Gasteiger partial charge in [0, 0.05) is 31.0 Å². The van der Waals surface area contributed by atoms with Crippen molar-refractivity contribution in [1.29, 1.82) is 0 Å². The number of pyridine rings is 1. The first-order valence-electron chi connectivity index (χ1n) is 8.62. The molecular weight excluding hydrogens is 274 g/mol. The Morgan fingerprint density at radius 2 is 2.09 bits per heavy atom. The molecule has 2 aliphatic rings. The van der Waals surface area contributed by atoms with Gasteiger partial charge in [-0.3, -0.25) is 9.88 Å². The van der Waals surface area contributed by atoms with E-state index in [1.54, 1.807) is 0 Å². The SMILES string of the molecule is C[C@H]1CC(NC[C@@H]2CCN(C)[C@H]2c2cccnc2)C[C@H](C)O1. The van der Waals surface area contributed by atoms with Crippen LogP contribution in [0, 0.1) is 5.92 Å². The van der Waals surface area contributed by atoms with E-state index >= 15 is 0 Å². The fraction of sp³-hybridized carbons (Fsp3) is 0.722. The maximum atomic E-state index is 5.84. The average molecular weight is 303 g/mol. The van der Waals surface area contributed by atoms with Crippen molar-refractivity contribution < 1.29 is 4.74 Å². The number of aromatic nitrogens is 1. The molecule has 0 unspecified atom stereocenters. The molecule has 2 saturated heterocycles. The van der Waals surface area contributed by atoms with Gasteiger partial charge in [-0.1, -0.05) is 6.07 Å². The predicted octanol–water partition coefficient (Wildman–Crippen LogP) is 2.62. The maximum absolute atomic E-state index is 5.84. The molecule has 0 radical (unpaired) electrons. The summed E-state index contributed by atoms with van der Waals surface area (Å²) in [7, 11) is 2.23. The van der Waals surface area contributed by atoms with Crippen LogP contribution >= 0.6 is 0 Å². The Balaban J connectivity index is 1.59. The van der Waals surface area contributed by atoms with Gasteiger partial charge in [0.05, 0.1) is 12.2 Å². The Morgan fingerprint density at radius 3 is 2.77 bits per heavy atom. The average Bonchev–Trinajstić information content (AvgIpc) is 2.86. The third kappa shape index (κ3) is 3.67. The molecular formula is C18H29N3O. The van der Waals surface area contributed by atoms with Crippen LogP contribution in [0.5, 0.6) is 0 Å². The molecule has 4 nitrogen and oxygen atoms in total. The summed E-state index contributed by atoms with van der Waals surface area (Å²) in [6.45, 7) is 6.64. The molecule has 1 N–H and O–H groups in total. The zero-order chi connectivity index (χ0) is 15.5. The summed E-state index contributed by atoms with van der Waals surface area (Å²) in [5.41, 5.74) is 1.35. The molecule has 2 aliphatic heterocycles. The quantitative estimate of drug-likeness (QED) is 0.928. The Labute approximate surface area is 134 Å². The van der Waals surface area contributed by atoms with Crippen LogP contribution in [0.1, 0.15) is 44.7 Å². The van der Waals surface area contributed by atoms with Crippen molar-refractivity contribution in [2.45, 2.75) is 57.4 Å². The van der Waals surface area contributed by atoms with Gasteiger partial charge in [-0.2, -0.15) is 0 Å². The summed E-state index contributed by atoms with van der Waals surface area (Å²) >= 11 is 0. The lowest BCUT2D eigenvalue weighted by molar-refractivity contribution is -0.0425. The van der Waals surface area contributed by atoms with Crippen molar-refractivity contribution in [2.75, 3.05) is 20.1 Å². The van der Waals surface area contributed by atoms with Gasteiger partial charge in [-0.15, -0.1) is 0 Å². The topological polar surface area (TPSA) is 37.4 Å². The first-order chi connectivity index (χ1) is 10.6. The molecule has 2 fully saturated rings. The highest BCUT2D eigenvalue weighted by atomic mass is 16.5. The van der Waals surface area contributed by atoms with Gasteiger partial charge in [0.15, 0.2) is 0 Å². The number of rotatable bonds is 4. The Kier molecular flexibility index (Phi) is 5.11. The van der Waals surface area contributed by atoms with Crippen LogP contribution in [0.15, 0.2) is 24.5 Å². The lowest BCUT2D eigenvalue weighted by atomic mass is 9.93. The number of ether oxygens (including phenoxy) is 1. The van der Waals surface area contributed by atoms with E-state index in [9.17, 15) is 0 Å². The van der Waals surface area contributed by atoms with E-state index in [0.29, 0.717) is 30.2 Å². The number of hydrogen-bond donors (Lipinski definition) is 1. The standard InChI is InChI=1S/C18H29N3O/c1-13-9-17(10-14(2)22-13)20-12-16-6-8-21(3)18(16)15-5-4-7-19-11-15/h4-5,7,11,13-14,16-18,20H,6,8-10,12H2,1-3H3/t13-,14-,16-,18-/m0/s1. The Hall–Kier alpha value is -0.970. The van der Waals surface area contributed by atoms with E-state index in [4.69, 9.17) is 4.74 Å². The fourth-order valence-corrected chi connectivity index (χ4v) is 4.21. The van der Waals surface area contributed by atoms with Gasteiger partial charge in [0.1, 0.15) is 0 Å². The van der Waals surface area contributed by atoms with Gasteiger partial charge in [-0.05, 0) is 64.3 Å². The normalized spacial score (nSPS) is 36.6.